The predicted octanol–water partition coefficient (Wildman–Crippen LogP) is 5.59. The summed E-state index contributed by atoms with van der Waals surface area (Å²) in [6.45, 7) is 5.08. The molecule has 0 spiro atoms. The molecular weight excluding hydrogens is 580 g/mol. The molecule has 3 aromatic rings. The number of aryl methyl sites for hydroxylation is 1. The van der Waals surface area contributed by atoms with Crippen molar-refractivity contribution in [2.75, 3.05) is 23.9 Å². The molecule has 0 aliphatic carbocycles. The van der Waals surface area contributed by atoms with Gasteiger partial charge in [0, 0.05) is 45.6 Å². The Morgan fingerprint density at radius 2 is 1.82 bits per heavy atom. The van der Waals surface area contributed by atoms with Crippen molar-refractivity contribution in [3.05, 3.63) is 69.1 Å². The second-order valence-electron chi connectivity index (χ2n) is 9.73. The van der Waals surface area contributed by atoms with Gasteiger partial charge in [-0.3, -0.25) is 18.6 Å². The van der Waals surface area contributed by atoms with Crippen LogP contribution in [0.2, 0.25) is 10.0 Å². The minimum absolute atomic E-state index is 0.00733. The topological polar surface area (TPSA) is 130 Å². The summed E-state index contributed by atoms with van der Waals surface area (Å²) in [5, 5.41) is 8.82. The largest absolute Gasteiger partial charge is 0.435 e. The summed E-state index contributed by atoms with van der Waals surface area (Å²) in [6.07, 6.45) is -2.28. The van der Waals surface area contributed by atoms with E-state index in [4.69, 9.17) is 28.0 Å². The standard InChI is InChI=1S/C24H25Cl2F3N6O3S/c1-13-8-14(25)9-15(21(36)32-11-23(2,3)12-39(4,30)38)19(13)33-22(37)17-10-18(24(27,28)29)34-35(17)20-16(26)6-5-7-31-20/h5-10,30H,11-12H2,1-4H3,(H,32,36)(H,33,37). The lowest BCUT2D eigenvalue weighted by Crippen LogP contribution is -2.38. The number of pyridine rings is 1. The van der Waals surface area contributed by atoms with Gasteiger partial charge in [-0.25, -0.2) is 9.67 Å². The molecule has 1 atom stereocenters. The van der Waals surface area contributed by atoms with Crippen molar-refractivity contribution in [1.82, 2.24) is 20.1 Å². The second kappa shape index (κ2) is 11.1. The van der Waals surface area contributed by atoms with Crippen molar-refractivity contribution >= 4 is 50.4 Å². The van der Waals surface area contributed by atoms with Gasteiger partial charge in [-0.05, 0) is 42.2 Å². The van der Waals surface area contributed by atoms with Crippen molar-refractivity contribution in [1.29, 1.82) is 4.78 Å². The number of halogens is 5. The highest BCUT2D eigenvalue weighted by atomic mass is 35.5. The molecule has 210 valence electrons. The van der Waals surface area contributed by atoms with Crippen LogP contribution in [0.1, 0.15) is 46.0 Å². The van der Waals surface area contributed by atoms with Crippen LogP contribution in [-0.4, -0.2) is 49.3 Å². The first-order valence-corrected chi connectivity index (χ1v) is 14.2. The number of aromatic nitrogens is 3. The summed E-state index contributed by atoms with van der Waals surface area (Å²) in [6, 6.07) is 6.17. The zero-order valence-corrected chi connectivity index (χ0v) is 23.6. The van der Waals surface area contributed by atoms with Crippen molar-refractivity contribution in [3.63, 3.8) is 0 Å². The van der Waals surface area contributed by atoms with Gasteiger partial charge in [0.05, 0.1) is 16.3 Å². The number of carbonyl (C=O) groups excluding carboxylic acids is 2. The number of rotatable bonds is 8. The molecule has 0 radical (unpaired) electrons. The maximum atomic E-state index is 13.5. The lowest BCUT2D eigenvalue weighted by molar-refractivity contribution is -0.141. The van der Waals surface area contributed by atoms with Crippen molar-refractivity contribution < 1.29 is 27.0 Å². The number of nitrogens with one attached hydrogen (secondary N) is 3. The molecule has 0 saturated heterocycles. The van der Waals surface area contributed by atoms with Crippen LogP contribution in [0.15, 0.2) is 36.5 Å². The van der Waals surface area contributed by atoms with E-state index in [0.717, 1.165) is 0 Å². The quantitative estimate of drug-likeness (QED) is 0.309. The number of amides is 2. The molecule has 9 nitrogen and oxygen atoms in total. The summed E-state index contributed by atoms with van der Waals surface area (Å²) in [5.74, 6) is -1.83. The number of nitrogens with zero attached hydrogens (tertiary/aromatic N) is 3. The molecular formula is C24H25Cl2F3N6O3S. The van der Waals surface area contributed by atoms with Crippen molar-refractivity contribution in [2.24, 2.45) is 5.41 Å². The monoisotopic (exact) mass is 604 g/mol. The summed E-state index contributed by atoms with van der Waals surface area (Å²) < 4.78 is 60.8. The van der Waals surface area contributed by atoms with Gasteiger partial charge in [-0.15, -0.1) is 0 Å². The fraction of sp³-hybridized carbons (Fsp3) is 0.333. The average molecular weight is 605 g/mol. The number of benzene rings is 1. The van der Waals surface area contributed by atoms with Crippen LogP contribution >= 0.6 is 23.2 Å². The maximum Gasteiger partial charge on any atom is 0.435 e. The molecule has 0 bridgehead atoms. The van der Waals surface area contributed by atoms with Gasteiger partial charge in [-0.1, -0.05) is 37.0 Å². The van der Waals surface area contributed by atoms with Gasteiger partial charge in [0.2, 0.25) is 0 Å². The van der Waals surface area contributed by atoms with Gasteiger partial charge >= 0.3 is 6.18 Å². The molecule has 15 heteroatoms. The molecule has 2 amide bonds. The van der Waals surface area contributed by atoms with Gasteiger partial charge in [0.15, 0.2) is 11.5 Å². The first kappa shape index (κ1) is 30.4. The lowest BCUT2D eigenvalue weighted by atomic mass is 9.96. The van der Waals surface area contributed by atoms with Crippen molar-refractivity contribution in [2.45, 2.75) is 26.9 Å². The van der Waals surface area contributed by atoms with Crippen LogP contribution in [0.5, 0.6) is 0 Å². The number of hydrogen-bond acceptors (Lipinski definition) is 6. The van der Waals surface area contributed by atoms with E-state index in [-0.39, 0.29) is 39.4 Å². The van der Waals surface area contributed by atoms with Gasteiger partial charge in [0.25, 0.3) is 11.8 Å². The van der Waals surface area contributed by atoms with Crippen LogP contribution in [0, 0.1) is 17.1 Å². The zero-order chi connectivity index (χ0) is 29.3. The molecule has 39 heavy (non-hydrogen) atoms. The molecule has 1 unspecified atom stereocenters. The first-order valence-electron chi connectivity index (χ1n) is 11.3. The average Bonchev–Trinajstić information content (AvgIpc) is 3.24. The summed E-state index contributed by atoms with van der Waals surface area (Å²) in [4.78, 5) is 30.4. The SMILES string of the molecule is Cc1cc(Cl)cc(C(=O)NCC(C)(C)CS(C)(=N)=O)c1NC(=O)c1cc(C(F)(F)F)nn1-c1ncccc1Cl. The first-order chi connectivity index (χ1) is 17.9. The van der Waals surface area contributed by atoms with E-state index in [9.17, 15) is 27.0 Å². The van der Waals surface area contributed by atoms with E-state index in [1.807, 2.05) is 0 Å². The van der Waals surface area contributed by atoms with Gasteiger partial charge in [-0.2, -0.15) is 18.3 Å². The van der Waals surface area contributed by atoms with E-state index < -0.39 is 44.5 Å². The van der Waals surface area contributed by atoms with Crippen LogP contribution in [0.4, 0.5) is 18.9 Å². The highest BCUT2D eigenvalue weighted by Crippen LogP contribution is 2.32. The third kappa shape index (κ3) is 7.70. The Hall–Kier alpha value is -3.16. The number of carbonyl (C=O) groups is 2. The molecule has 0 fully saturated rings. The van der Waals surface area contributed by atoms with E-state index >= 15 is 0 Å². The second-order valence-corrected chi connectivity index (χ2v) is 12.9. The fourth-order valence-corrected chi connectivity index (χ4v) is 5.92. The van der Waals surface area contributed by atoms with E-state index in [1.165, 1.54) is 36.7 Å². The molecule has 0 aliphatic heterocycles. The molecule has 2 heterocycles. The molecule has 0 aliphatic rings. The normalized spacial score (nSPS) is 13.6. The van der Waals surface area contributed by atoms with Crippen LogP contribution in [0.25, 0.3) is 5.82 Å². The van der Waals surface area contributed by atoms with Crippen LogP contribution in [0.3, 0.4) is 0 Å². The van der Waals surface area contributed by atoms with Crippen LogP contribution in [-0.2, 0) is 15.9 Å². The third-order valence-electron chi connectivity index (χ3n) is 5.35. The minimum Gasteiger partial charge on any atom is -0.351 e. The molecule has 0 saturated carbocycles. The Balaban J connectivity index is 1.99. The number of alkyl halides is 3. The summed E-state index contributed by atoms with van der Waals surface area (Å²) >= 11 is 12.3. The van der Waals surface area contributed by atoms with E-state index in [0.29, 0.717) is 16.3 Å². The lowest BCUT2D eigenvalue weighted by Gasteiger charge is -2.25. The van der Waals surface area contributed by atoms with Gasteiger partial charge in [0.1, 0.15) is 5.69 Å². The Labute approximate surface area is 233 Å². The third-order valence-corrected chi connectivity index (χ3v) is 7.19. The molecule has 3 rings (SSSR count). The Kier molecular flexibility index (Phi) is 8.68. The molecule has 1 aromatic carbocycles. The van der Waals surface area contributed by atoms with E-state index in [1.54, 1.807) is 20.8 Å². The highest BCUT2D eigenvalue weighted by molar-refractivity contribution is 7.91. The Morgan fingerprint density at radius 1 is 1.15 bits per heavy atom. The minimum atomic E-state index is -4.86. The number of hydrogen-bond donors (Lipinski definition) is 3. The Bertz CT molecular complexity index is 1540. The van der Waals surface area contributed by atoms with E-state index in [2.05, 4.69) is 20.7 Å². The van der Waals surface area contributed by atoms with Gasteiger partial charge < -0.3 is 10.6 Å². The smallest absolute Gasteiger partial charge is 0.351 e. The molecule has 3 N–H and O–H groups in total. The molecule has 2 aromatic heterocycles. The predicted molar refractivity (Wildman–Crippen MR) is 143 cm³/mol. The van der Waals surface area contributed by atoms with Crippen molar-refractivity contribution in [3.8, 4) is 5.82 Å². The zero-order valence-electron chi connectivity index (χ0n) is 21.2. The summed E-state index contributed by atoms with van der Waals surface area (Å²) in [5.41, 5.74) is -2.25. The Morgan fingerprint density at radius 3 is 2.41 bits per heavy atom. The fourth-order valence-electron chi connectivity index (χ4n) is 3.85. The highest BCUT2D eigenvalue weighted by Gasteiger charge is 2.37. The number of anilines is 1. The summed E-state index contributed by atoms with van der Waals surface area (Å²) in [7, 11) is -2.83. The maximum absolute atomic E-state index is 13.5. The van der Waals surface area contributed by atoms with Crippen LogP contribution < -0.4 is 10.6 Å².